The Bertz CT molecular complexity index is 185. The average Bonchev–Trinajstić information content (AvgIpc) is 2.67. The van der Waals surface area contributed by atoms with Crippen LogP contribution in [0.5, 0.6) is 0 Å². The Labute approximate surface area is 98.6 Å². The van der Waals surface area contributed by atoms with Crippen molar-refractivity contribution in [2.24, 2.45) is 0 Å². The van der Waals surface area contributed by atoms with Crippen LogP contribution in [0.25, 0.3) is 0 Å². The molecule has 1 saturated heterocycles. The second-order valence-electron chi connectivity index (χ2n) is 4.12. The average molecular weight is 231 g/mol. The monoisotopic (exact) mass is 231 g/mol. The van der Waals surface area contributed by atoms with Gasteiger partial charge in [0.2, 0.25) is 0 Å². The van der Waals surface area contributed by atoms with Gasteiger partial charge in [0.1, 0.15) is 6.10 Å². The maximum Gasteiger partial charge on any atom is 0.306 e. The number of carbonyl (C=O) groups excluding carboxylic acids is 1. The van der Waals surface area contributed by atoms with Crippen molar-refractivity contribution in [1.82, 2.24) is 4.90 Å². The molecule has 1 N–H and O–H groups in total. The molecule has 0 spiro atoms. The second kappa shape index (κ2) is 9.60. The number of aliphatic hydroxyl groups excluding tert-OH is 1. The fourth-order valence-electron chi connectivity index (χ4n) is 1.75. The molecule has 1 aliphatic heterocycles. The van der Waals surface area contributed by atoms with Crippen molar-refractivity contribution in [1.29, 1.82) is 0 Å². The molecule has 96 valence electrons. The molecule has 0 aromatic rings. The standard InChI is InChI=1S/C11H21NO2.CH4O/c1-3-4-5-6-11(13)14-10-7-8-12(2)9-10;1-2/h10H,3-9H2,1-2H3;2H,1H3. The lowest BCUT2D eigenvalue weighted by molar-refractivity contribution is -0.148. The Kier molecular flexibility index (Phi) is 9.24. The smallest absolute Gasteiger partial charge is 0.306 e. The minimum absolute atomic E-state index is 0.0150. The van der Waals surface area contributed by atoms with E-state index in [1.54, 1.807) is 0 Å². The Balaban J connectivity index is 0.00000106. The van der Waals surface area contributed by atoms with Crippen LogP contribution in [0, 0.1) is 0 Å². The Morgan fingerprint density at radius 2 is 2.12 bits per heavy atom. The van der Waals surface area contributed by atoms with Gasteiger partial charge in [-0.25, -0.2) is 0 Å². The van der Waals surface area contributed by atoms with Crippen molar-refractivity contribution in [2.45, 2.75) is 45.1 Å². The maximum atomic E-state index is 11.3. The molecule has 0 radical (unpaired) electrons. The van der Waals surface area contributed by atoms with Crippen molar-refractivity contribution in [3.63, 3.8) is 0 Å². The first-order valence-electron chi connectivity index (χ1n) is 6.05. The normalized spacial score (nSPS) is 20.1. The summed E-state index contributed by atoms with van der Waals surface area (Å²) < 4.78 is 5.35. The minimum atomic E-state index is -0.0150. The highest BCUT2D eigenvalue weighted by atomic mass is 16.5. The number of rotatable bonds is 5. The van der Waals surface area contributed by atoms with Crippen LogP contribution in [0.1, 0.15) is 39.0 Å². The summed E-state index contributed by atoms with van der Waals surface area (Å²) >= 11 is 0. The fourth-order valence-corrected chi connectivity index (χ4v) is 1.75. The summed E-state index contributed by atoms with van der Waals surface area (Å²) in [6.07, 6.45) is 4.98. The zero-order valence-corrected chi connectivity index (χ0v) is 10.7. The predicted molar refractivity (Wildman–Crippen MR) is 64.3 cm³/mol. The molecule has 1 fully saturated rings. The summed E-state index contributed by atoms with van der Waals surface area (Å²) in [5.74, 6) is -0.0150. The molecule has 16 heavy (non-hydrogen) atoms. The van der Waals surface area contributed by atoms with Crippen molar-refractivity contribution < 1.29 is 14.6 Å². The van der Waals surface area contributed by atoms with Crippen molar-refractivity contribution in [3.8, 4) is 0 Å². The topological polar surface area (TPSA) is 49.8 Å². The first-order chi connectivity index (χ1) is 7.72. The molecule has 0 aromatic carbocycles. The van der Waals surface area contributed by atoms with Crippen molar-refractivity contribution >= 4 is 5.97 Å². The van der Waals surface area contributed by atoms with E-state index >= 15 is 0 Å². The van der Waals surface area contributed by atoms with E-state index in [0.717, 1.165) is 45.9 Å². The number of hydrogen-bond acceptors (Lipinski definition) is 4. The highest BCUT2D eigenvalue weighted by Gasteiger charge is 2.22. The SMILES string of the molecule is CCCCCC(=O)OC1CCN(C)C1.CO. The molecular weight excluding hydrogens is 206 g/mol. The van der Waals surface area contributed by atoms with Crippen molar-refractivity contribution in [2.75, 3.05) is 27.2 Å². The first kappa shape index (κ1) is 15.4. The third-order valence-corrected chi connectivity index (χ3v) is 2.63. The summed E-state index contributed by atoms with van der Waals surface area (Å²) in [6, 6.07) is 0. The third-order valence-electron chi connectivity index (χ3n) is 2.63. The number of likely N-dealkylation sites (tertiary alicyclic amines) is 1. The molecule has 1 heterocycles. The third kappa shape index (κ3) is 6.80. The lowest BCUT2D eigenvalue weighted by Gasteiger charge is -2.11. The summed E-state index contributed by atoms with van der Waals surface area (Å²) in [6.45, 7) is 4.09. The number of aliphatic hydroxyl groups is 1. The number of hydrogen-bond donors (Lipinski definition) is 1. The number of unbranched alkanes of at least 4 members (excludes halogenated alkanes) is 2. The molecule has 1 atom stereocenters. The molecule has 4 heteroatoms. The zero-order chi connectivity index (χ0) is 12.4. The predicted octanol–water partition coefficient (Wildman–Crippen LogP) is 1.42. The van der Waals surface area contributed by atoms with E-state index in [0.29, 0.717) is 6.42 Å². The van der Waals surface area contributed by atoms with Gasteiger partial charge < -0.3 is 14.7 Å². The molecule has 4 nitrogen and oxygen atoms in total. The highest BCUT2D eigenvalue weighted by Crippen LogP contribution is 2.12. The summed E-state index contributed by atoms with van der Waals surface area (Å²) in [4.78, 5) is 13.5. The van der Waals surface area contributed by atoms with Crippen molar-refractivity contribution in [3.05, 3.63) is 0 Å². The molecule has 0 amide bonds. The molecule has 1 aliphatic rings. The van der Waals surface area contributed by atoms with Crippen LogP contribution in [0.4, 0.5) is 0 Å². The summed E-state index contributed by atoms with van der Waals surface area (Å²) in [5, 5.41) is 7.00. The van der Waals surface area contributed by atoms with Gasteiger partial charge in [0.05, 0.1) is 0 Å². The fraction of sp³-hybridized carbons (Fsp3) is 0.917. The number of nitrogens with zero attached hydrogens (tertiary/aromatic N) is 1. The highest BCUT2D eigenvalue weighted by molar-refractivity contribution is 5.69. The maximum absolute atomic E-state index is 11.3. The molecular formula is C12H25NO3. The van der Waals surface area contributed by atoms with Gasteiger partial charge in [0, 0.05) is 26.6 Å². The molecule has 0 aromatic heterocycles. The molecule has 1 unspecified atom stereocenters. The molecule has 1 rings (SSSR count). The summed E-state index contributed by atoms with van der Waals surface area (Å²) in [5.41, 5.74) is 0. The van der Waals surface area contributed by atoms with Gasteiger partial charge in [-0.1, -0.05) is 19.8 Å². The van der Waals surface area contributed by atoms with Gasteiger partial charge in [-0.15, -0.1) is 0 Å². The lowest BCUT2D eigenvalue weighted by atomic mass is 10.2. The van der Waals surface area contributed by atoms with Gasteiger partial charge in [-0.2, -0.15) is 0 Å². The van der Waals surface area contributed by atoms with E-state index in [1.165, 1.54) is 0 Å². The van der Waals surface area contributed by atoms with E-state index in [4.69, 9.17) is 9.84 Å². The Morgan fingerprint density at radius 1 is 1.44 bits per heavy atom. The zero-order valence-electron chi connectivity index (χ0n) is 10.7. The number of ether oxygens (including phenoxy) is 1. The lowest BCUT2D eigenvalue weighted by Crippen LogP contribution is -2.22. The quantitative estimate of drug-likeness (QED) is 0.574. The second-order valence-corrected chi connectivity index (χ2v) is 4.12. The van der Waals surface area contributed by atoms with Crippen LogP contribution in [-0.2, 0) is 9.53 Å². The van der Waals surface area contributed by atoms with Crippen LogP contribution in [-0.4, -0.2) is 49.3 Å². The van der Waals surface area contributed by atoms with E-state index in [1.807, 2.05) is 0 Å². The number of carbonyl (C=O) groups is 1. The summed E-state index contributed by atoms with van der Waals surface area (Å²) in [7, 11) is 3.06. The van der Waals surface area contributed by atoms with Crippen LogP contribution < -0.4 is 0 Å². The molecule has 0 bridgehead atoms. The van der Waals surface area contributed by atoms with Gasteiger partial charge in [-0.05, 0) is 19.9 Å². The molecule has 0 saturated carbocycles. The van der Waals surface area contributed by atoms with E-state index < -0.39 is 0 Å². The van der Waals surface area contributed by atoms with E-state index in [-0.39, 0.29) is 12.1 Å². The van der Waals surface area contributed by atoms with Gasteiger partial charge in [-0.3, -0.25) is 4.79 Å². The van der Waals surface area contributed by atoms with Crippen LogP contribution in [0.3, 0.4) is 0 Å². The van der Waals surface area contributed by atoms with E-state index in [9.17, 15) is 4.79 Å². The minimum Gasteiger partial charge on any atom is -0.461 e. The van der Waals surface area contributed by atoms with Crippen LogP contribution in [0.15, 0.2) is 0 Å². The van der Waals surface area contributed by atoms with E-state index in [2.05, 4.69) is 18.9 Å². The van der Waals surface area contributed by atoms with Gasteiger partial charge >= 0.3 is 5.97 Å². The Hall–Kier alpha value is -0.610. The largest absolute Gasteiger partial charge is 0.461 e. The number of likely N-dealkylation sites (N-methyl/N-ethyl adjacent to an activating group) is 1. The van der Waals surface area contributed by atoms with Gasteiger partial charge in [0.15, 0.2) is 0 Å². The van der Waals surface area contributed by atoms with Crippen LogP contribution >= 0.6 is 0 Å². The number of esters is 1. The Morgan fingerprint density at radius 3 is 2.62 bits per heavy atom. The first-order valence-corrected chi connectivity index (χ1v) is 6.05. The van der Waals surface area contributed by atoms with Gasteiger partial charge in [0.25, 0.3) is 0 Å². The van der Waals surface area contributed by atoms with Crippen LogP contribution in [0.2, 0.25) is 0 Å². The molecule has 0 aliphatic carbocycles.